The molecule has 4 nitrogen and oxygen atoms in total. The predicted octanol–water partition coefficient (Wildman–Crippen LogP) is 2.51. The molecule has 0 heterocycles. The second kappa shape index (κ2) is 7.41. The van der Waals surface area contributed by atoms with E-state index in [9.17, 15) is 14.3 Å². The van der Waals surface area contributed by atoms with Gasteiger partial charge in [-0.3, -0.25) is 4.79 Å². The van der Waals surface area contributed by atoms with Crippen molar-refractivity contribution in [3.63, 3.8) is 0 Å². The summed E-state index contributed by atoms with van der Waals surface area (Å²) < 4.78 is 18.3. The lowest BCUT2D eigenvalue weighted by atomic mass is 9.95. The van der Waals surface area contributed by atoms with Crippen molar-refractivity contribution >= 4 is 5.91 Å². The fourth-order valence-electron chi connectivity index (χ4n) is 2.85. The van der Waals surface area contributed by atoms with Crippen molar-refractivity contribution in [1.82, 2.24) is 5.32 Å². The lowest BCUT2D eigenvalue weighted by molar-refractivity contribution is 0.0899. The van der Waals surface area contributed by atoms with Crippen LogP contribution in [0.15, 0.2) is 18.2 Å². The number of benzene rings is 1. The van der Waals surface area contributed by atoms with Crippen molar-refractivity contribution in [1.29, 1.82) is 0 Å². The predicted molar refractivity (Wildman–Crippen MR) is 77.9 cm³/mol. The second-order valence-corrected chi connectivity index (χ2v) is 5.51. The van der Waals surface area contributed by atoms with E-state index in [4.69, 9.17) is 4.74 Å². The van der Waals surface area contributed by atoms with Crippen LogP contribution in [0.2, 0.25) is 0 Å². The monoisotopic (exact) mass is 295 g/mol. The van der Waals surface area contributed by atoms with Gasteiger partial charge in [0.2, 0.25) is 0 Å². The van der Waals surface area contributed by atoms with Gasteiger partial charge in [-0.25, -0.2) is 4.39 Å². The van der Waals surface area contributed by atoms with Crippen molar-refractivity contribution in [3.05, 3.63) is 29.6 Å². The standard InChI is InChI=1S/C16H22FNO3/c1-21-15-9-11(7-8-13(15)17)16(20)18-14-6-4-2-3-5-12(14)10-19/h7-9,12,14,19H,2-6,10H2,1H3,(H,18,20). The Hall–Kier alpha value is -1.62. The minimum Gasteiger partial charge on any atom is -0.494 e. The van der Waals surface area contributed by atoms with Gasteiger partial charge in [0.25, 0.3) is 5.91 Å². The fourth-order valence-corrected chi connectivity index (χ4v) is 2.85. The molecule has 0 saturated heterocycles. The van der Waals surface area contributed by atoms with Gasteiger partial charge in [0.1, 0.15) is 0 Å². The lowest BCUT2D eigenvalue weighted by Crippen LogP contribution is -2.41. The van der Waals surface area contributed by atoms with E-state index in [1.807, 2.05) is 0 Å². The molecule has 2 unspecified atom stereocenters. The molecule has 2 N–H and O–H groups in total. The molecule has 1 aromatic carbocycles. The molecule has 0 aromatic heterocycles. The minimum atomic E-state index is -0.489. The number of hydrogen-bond donors (Lipinski definition) is 2. The number of carbonyl (C=O) groups is 1. The third-order valence-corrected chi connectivity index (χ3v) is 4.12. The van der Waals surface area contributed by atoms with Gasteiger partial charge in [-0.1, -0.05) is 19.3 Å². The first-order valence-corrected chi connectivity index (χ1v) is 7.41. The largest absolute Gasteiger partial charge is 0.494 e. The van der Waals surface area contributed by atoms with Gasteiger partial charge >= 0.3 is 0 Å². The molecule has 1 aliphatic rings. The number of carbonyl (C=O) groups excluding carboxylic acids is 1. The molecule has 116 valence electrons. The maximum atomic E-state index is 13.4. The van der Waals surface area contributed by atoms with Crippen LogP contribution in [-0.4, -0.2) is 30.8 Å². The highest BCUT2D eigenvalue weighted by atomic mass is 19.1. The summed E-state index contributed by atoms with van der Waals surface area (Å²) in [5.41, 5.74) is 0.370. The maximum Gasteiger partial charge on any atom is 0.251 e. The summed E-state index contributed by atoms with van der Waals surface area (Å²) in [4.78, 5) is 12.3. The van der Waals surface area contributed by atoms with Gasteiger partial charge in [-0.2, -0.15) is 0 Å². The van der Waals surface area contributed by atoms with E-state index in [0.29, 0.717) is 5.56 Å². The van der Waals surface area contributed by atoms with E-state index >= 15 is 0 Å². The van der Waals surface area contributed by atoms with Gasteiger partial charge in [0, 0.05) is 24.1 Å². The van der Waals surface area contributed by atoms with E-state index in [1.165, 1.54) is 25.3 Å². The molecule has 5 heteroatoms. The molecule has 0 radical (unpaired) electrons. The van der Waals surface area contributed by atoms with Crippen LogP contribution >= 0.6 is 0 Å². The highest BCUT2D eigenvalue weighted by molar-refractivity contribution is 5.94. The molecule has 1 amide bonds. The van der Waals surface area contributed by atoms with Gasteiger partial charge in [0.15, 0.2) is 11.6 Å². The van der Waals surface area contributed by atoms with Crippen LogP contribution in [-0.2, 0) is 0 Å². The van der Waals surface area contributed by atoms with Crippen LogP contribution in [0, 0.1) is 11.7 Å². The molecule has 1 aliphatic carbocycles. The van der Waals surface area contributed by atoms with E-state index in [-0.39, 0.29) is 30.2 Å². The Kier molecular flexibility index (Phi) is 5.56. The average Bonchev–Trinajstić information content (AvgIpc) is 2.72. The Morgan fingerprint density at radius 2 is 2.14 bits per heavy atom. The number of methoxy groups -OCH3 is 1. The number of halogens is 1. The summed E-state index contributed by atoms with van der Waals surface area (Å²) in [7, 11) is 1.37. The summed E-state index contributed by atoms with van der Waals surface area (Å²) in [6.45, 7) is 0.0810. The van der Waals surface area contributed by atoms with Gasteiger partial charge in [-0.05, 0) is 31.0 Å². The molecule has 0 bridgehead atoms. The lowest BCUT2D eigenvalue weighted by Gasteiger charge is -2.24. The van der Waals surface area contributed by atoms with Crippen molar-refractivity contribution in [2.75, 3.05) is 13.7 Å². The third kappa shape index (κ3) is 3.94. The summed E-state index contributed by atoms with van der Waals surface area (Å²) >= 11 is 0. The Bertz CT molecular complexity index is 492. The van der Waals surface area contributed by atoms with Gasteiger partial charge in [0.05, 0.1) is 7.11 Å². The summed E-state index contributed by atoms with van der Waals surface area (Å²) in [6.07, 6.45) is 5.06. The van der Waals surface area contributed by atoms with Crippen LogP contribution in [0.1, 0.15) is 42.5 Å². The Morgan fingerprint density at radius 3 is 2.86 bits per heavy atom. The minimum absolute atomic E-state index is 0.0268. The molecule has 0 aliphatic heterocycles. The van der Waals surface area contributed by atoms with Gasteiger partial charge < -0.3 is 15.2 Å². The number of aliphatic hydroxyl groups is 1. The molecular formula is C16H22FNO3. The zero-order valence-electron chi connectivity index (χ0n) is 12.3. The molecule has 0 spiro atoms. The molecular weight excluding hydrogens is 273 g/mol. The average molecular weight is 295 g/mol. The Morgan fingerprint density at radius 1 is 1.38 bits per heavy atom. The Balaban J connectivity index is 2.08. The zero-order chi connectivity index (χ0) is 15.2. The van der Waals surface area contributed by atoms with E-state index < -0.39 is 5.82 Å². The topological polar surface area (TPSA) is 58.6 Å². The van der Waals surface area contributed by atoms with E-state index in [1.54, 1.807) is 0 Å². The highest BCUT2D eigenvalue weighted by Crippen LogP contribution is 2.24. The summed E-state index contributed by atoms with van der Waals surface area (Å²) in [6, 6.07) is 4.04. The number of aliphatic hydroxyl groups excluding tert-OH is 1. The number of amides is 1. The molecule has 1 aromatic rings. The fraction of sp³-hybridized carbons (Fsp3) is 0.562. The second-order valence-electron chi connectivity index (χ2n) is 5.51. The highest BCUT2D eigenvalue weighted by Gasteiger charge is 2.25. The Labute approximate surface area is 124 Å². The number of rotatable bonds is 4. The third-order valence-electron chi connectivity index (χ3n) is 4.12. The number of hydrogen-bond acceptors (Lipinski definition) is 3. The maximum absolute atomic E-state index is 13.4. The number of ether oxygens (including phenoxy) is 1. The van der Waals surface area contributed by atoms with Crippen molar-refractivity contribution in [2.24, 2.45) is 5.92 Å². The normalized spacial score (nSPS) is 22.4. The zero-order valence-corrected chi connectivity index (χ0v) is 12.3. The van der Waals surface area contributed by atoms with Crippen LogP contribution in [0.4, 0.5) is 4.39 Å². The SMILES string of the molecule is COc1cc(C(=O)NC2CCCCCC2CO)ccc1F. The van der Waals surface area contributed by atoms with Crippen LogP contribution in [0.5, 0.6) is 5.75 Å². The molecule has 1 fully saturated rings. The van der Waals surface area contributed by atoms with Crippen molar-refractivity contribution in [3.8, 4) is 5.75 Å². The van der Waals surface area contributed by atoms with Crippen molar-refractivity contribution < 1.29 is 19.0 Å². The van der Waals surface area contributed by atoms with E-state index in [2.05, 4.69) is 5.32 Å². The first-order chi connectivity index (χ1) is 10.2. The summed E-state index contributed by atoms with van der Waals surface area (Å²) in [5, 5.41) is 12.4. The number of nitrogens with one attached hydrogen (secondary N) is 1. The first kappa shape index (κ1) is 15.8. The molecule has 2 rings (SSSR count). The quantitative estimate of drug-likeness (QED) is 0.839. The van der Waals surface area contributed by atoms with Gasteiger partial charge in [-0.15, -0.1) is 0 Å². The molecule has 1 saturated carbocycles. The molecule has 21 heavy (non-hydrogen) atoms. The van der Waals surface area contributed by atoms with Crippen molar-refractivity contribution in [2.45, 2.75) is 38.1 Å². The van der Waals surface area contributed by atoms with Crippen LogP contribution in [0.25, 0.3) is 0 Å². The van der Waals surface area contributed by atoms with Crippen LogP contribution in [0.3, 0.4) is 0 Å². The smallest absolute Gasteiger partial charge is 0.251 e. The summed E-state index contributed by atoms with van der Waals surface area (Å²) in [5.74, 6) is -0.587. The molecule has 2 atom stereocenters. The van der Waals surface area contributed by atoms with Crippen LogP contribution < -0.4 is 10.1 Å². The first-order valence-electron chi connectivity index (χ1n) is 7.41. The van der Waals surface area contributed by atoms with E-state index in [0.717, 1.165) is 32.1 Å².